The molecule has 1 N–H and O–H groups in total. The zero-order chi connectivity index (χ0) is 15.4. The van der Waals surface area contributed by atoms with Crippen molar-refractivity contribution in [1.29, 1.82) is 0 Å². The third kappa shape index (κ3) is 3.96. The molecule has 0 amide bonds. The van der Waals surface area contributed by atoms with E-state index in [-0.39, 0.29) is 6.10 Å². The summed E-state index contributed by atoms with van der Waals surface area (Å²) < 4.78 is 0. The maximum atomic E-state index is 10.5. The Bertz CT molecular complexity index is 578. The van der Waals surface area contributed by atoms with Crippen molar-refractivity contribution in [2.75, 3.05) is 13.1 Å². The maximum absolute atomic E-state index is 10.5. The number of benzene rings is 2. The van der Waals surface area contributed by atoms with Gasteiger partial charge in [0.15, 0.2) is 0 Å². The Balaban J connectivity index is 1.54. The van der Waals surface area contributed by atoms with E-state index >= 15 is 0 Å². The van der Waals surface area contributed by atoms with E-state index in [1.54, 1.807) is 0 Å². The number of hydrogen-bond acceptors (Lipinski definition) is 2. The summed E-state index contributed by atoms with van der Waals surface area (Å²) in [5, 5.41) is 10.5. The minimum absolute atomic E-state index is 0.223. The highest BCUT2D eigenvalue weighted by Gasteiger charge is 2.27. The highest BCUT2D eigenvalue weighted by molar-refractivity contribution is 5.22. The molecular formula is C20H25NO. The molecule has 2 heteroatoms. The highest BCUT2D eigenvalue weighted by Crippen LogP contribution is 2.23. The SMILES string of the molecule is Cc1ccc(C[C@@H]2CCN(Cc3ccccc3)C[C@@H]2O)cc1. The number of aliphatic hydroxyl groups is 1. The first kappa shape index (κ1) is 15.3. The molecule has 1 saturated heterocycles. The first-order valence-corrected chi connectivity index (χ1v) is 8.20. The fourth-order valence-electron chi connectivity index (χ4n) is 3.30. The maximum Gasteiger partial charge on any atom is 0.0699 e. The van der Waals surface area contributed by atoms with Crippen LogP contribution in [0.4, 0.5) is 0 Å². The van der Waals surface area contributed by atoms with Gasteiger partial charge in [0.2, 0.25) is 0 Å². The van der Waals surface area contributed by atoms with Gasteiger partial charge in [-0.1, -0.05) is 60.2 Å². The third-order valence-corrected chi connectivity index (χ3v) is 4.67. The summed E-state index contributed by atoms with van der Waals surface area (Å²) in [5.74, 6) is 0.384. The van der Waals surface area contributed by atoms with Crippen molar-refractivity contribution < 1.29 is 5.11 Å². The molecule has 0 unspecified atom stereocenters. The summed E-state index contributed by atoms with van der Waals surface area (Å²) in [6.07, 6.45) is 1.83. The number of nitrogens with zero attached hydrogens (tertiary/aromatic N) is 1. The fourth-order valence-corrected chi connectivity index (χ4v) is 3.30. The van der Waals surface area contributed by atoms with E-state index in [9.17, 15) is 5.11 Å². The largest absolute Gasteiger partial charge is 0.391 e. The summed E-state index contributed by atoms with van der Waals surface area (Å²) in [6, 6.07) is 19.2. The molecule has 2 aromatic rings. The Morgan fingerprint density at radius 1 is 1.00 bits per heavy atom. The molecule has 116 valence electrons. The molecule has 1 aliphatic heterocycles. The van der Waals surface area contributed by atoms with E-state index in [2.05, 4.69) is 60.4 Å². The minimum atomic E-state index is -0.223. The van der Waals surface area contributed by atoms with Crippen LogP contribution in [0.3, 0.4) is 0 Å². The van der Waals surface area contributed by atoms with Crippen LogP contribution in [0.25, 0.3) is 0 Å². The average molecular weight is 295 g/mol. The lowest BCUT2D eigenvalue weighted by atomic mass is 9.87. The van der Waals surface area contributed by atoms with E-state index in [4.69, 9.17) is 0 Å². The summed E-state index contributed by atoms with van der Waals surface area (Å²) >= 11 is 0. The van der Waals surface area contributed by atoms with Crippen molar-refractivity contribution >= 4 is 0 Å². The first-order valence-electron chi connectivity index (χ1n) is 8.20. The predicted octanol–water partition coefficient (Wildman–Crippen LogP) is 3.42. The van der Waals surface area contributed by atoms with Crippen LogP contribution in [0, 0.1) is 12.8 Å². The molecule has 0 radical (unpaired) electrons. The van der Waals surface area contributed by atoms with Gasteiger partial charge in [-0.05, 0) is 43.4 Å². The van der Waals surface area contributed by atoms with Crippen LogP contribution in [0.1, 0.15) is 23.1 Å². The Morgan fingerprint density at radius 2 is 1.73 bits per heavy atom. The molecule has 2 atom stereocenters. The van der Waals surface area contributed by atoms with Crippen LogP contribution in [0.15, 0.2) is 54.6 Å². The van der Waals surface area contributed by atoms with Crippen LogP contribution in [-0.2, 0) is 13.0 Å². The van der Waals surface area contributed by atoms with Gasteiger partial charge in [0.25, 0.3) is 0 Å². The van der Waals surface area contributed by atoms with E-state index in [0.717, 1.165) is 32.5 Å². The zero-order valence-corrected chi connectivity index (χ0v) is 13.3. The second kappa shape index (κ2) is 7.08. The van der Waals surface area contributed by atoms with E-state index < -0.39 is 0 Å². The van der Waals surface area contributed by atoms with Crippen LogP contribution in [0.2, 0.25) is 0 Å². The smallest absolute Gasteiger partial charge is 0.0699 e. The van der Waals surface area contributed by atoms with Crippen molar-refractivity contribution in [3.05, 3.63) is 71.3 Å². The molecule has 0 spiro atoms. The van der Waals surface area contributed by atoms with Gasteiger partial charge in [0.1, 0.15) is 0 Å². The molecular weight excluding hydrogens is 270 g/mol. The van der Waals surface area contributed by atoms with Gasteiger partial charge in [-0.2, -0.15) is 0 Å². The molecule has 1 aliphatic rings. The number of piperidine rings is 1. The average Bonchev–Trinajstić information content (AvgIpc) is 2.53. The number of hydrogen-bond donors (Lipinski definition) is 1. The minimum Gasteiger partial charge on any atom is -0.391 e. The molecule has 0 aliphatic carbocycles. The van der Waals surface area contributed by atoms with Crippen molar-refractivity contribution in [2.24, 2.45) is 5.92 Å². The Labute approximate surface area is 133 Å². The van der Waals surface area contributed by atoms with Gasteiger partial charge in [0.05, 0.1) is 6.10 Å². The van der Waals surface area contributed by atoms with Crippen LogP contribution < -0.4 is 0 Å². The topological polar surface area (TPSA) is 23.5 Å². The second-order valence-electron chi connectivity index (χ2n) is 6.53. The summed E-state index contributed by atoms with van der Waals surface area (Å²) in [7, 11) is 0. The molecule has 0 saturated carbocycles. The van der Waals surface area contributed by atoms with Gasteiger partial charge >= 0.3 is 0 Å². The monoisotopic (exact) mass is 295 g/mol. The molecule has 3 rings (SSSR count). The van der Waals surface area contributed by atoms with E-state index in [0.29, 0.717) is 5.92 Å². The summed E-state index contributed by atoms with van der Waals surface area (Å²) in [6.45, 7) is 4.91. The molecule has 0 aromatic heterocycles. The van der Waals surface area contributed by atoms with Crippen molar-refractivity contribution in [3.63, 3.8) is 0 Å². The van der Waals surface area contributed by atoms with E-state index in [1.165, 1.54) is 16.7 Å². The van der Waals surface area contributed by atoms with Crippen LogP contribution in [-0.4, -0.2) is 29.2 Å². The number of rotatable bonds is 4. The number of aryl methyl sites for hydroxylation is 1. The second-order valence-corrected chi connectivity index (χ2v) is 6.53. The van der Waals surface area contributed by atoms with Crippen molar-refractivity contribution in [3.8, 4) is 0 Å². The van der Waals surface area contributed by atoms with Crippen LogP contribution >= 0.6 is 0 Å². The van der Waals surface area contributed by atoms with Crippen LogP contribution in [0.5, 0.6) is 0 Å². The number of aliphatic hydroxyl groups excluding tert-OH is 1. The summed E-state index contributed by atoms with van der Waals surface area (Å²) in [5.41, 5.74) is 3.96. The van der Waals surface area contributed by atoms with Gasteiger partial charge in [-0.25, -0.2) is 0 Å². The van der Waals surface area contributed by atoms with Gasteiger partial charge in [-0.3, -0.25) is 4.90 Å². The first-order chi connectivity index (χ1) is 10.7. The molecule has 1 fully saturated rings. The van der Waals surface area contributed by atoms with Crippen molar-refractivity contribution in [1.82, 2.24) is 4.90 Å². The normalized spacial score (nSPS) is 22.6. The molecule has 2 aromatic carbocycles. The third-order valence-electron chi connectivity index (χ3n) is 4.67. The zero-order valence-electron chi connectivity index (χ0n) is 13.3. The number of β-amino-alcohol motifs (C(OH)–C–C–N with tert-alkyl or cyclic N) is 1. The van der Waals surface area contributed by atoms with Gasteiger partial charge < -0.3 is 5.11 Å². The fraction of sp³-hybridized carbons (Fsp3) is 0.400. The van der Waals surface area contributed by atoms with Gasteiger partial charge in [-0.15, -0.1) is 0 Å². The Morgan fingerprint density at radius 3 is 2.41 bits per heavy atom. The van der Waals surface area contributed by atoms with Crippen molar-refractivity contribution in [2.45, 2.75) is 32.4 Å². The quantitative estimate of drug-likeness (QED) is 0.934. The highest BCUT2D eigenvalue weighted by atomic mass is 16.3. The number of likely N-dealkylation sites (tertiary alicyclic amines) is 1. The standard InChI is InChI=1S/C20H25NO/c1-16-7-9-17(10-8-16)13-19-11-12-21(15-20(19)22)14-18-5-3-2-4-6-18/h2-10,19-20,22H,11-15H2,1H3/t19-,20-/m0/s1. The Hall–Kier alpha value is -1.64. The summed E-state index contributed by atoms with van der Waals surface area (Å²) in [4.78, 5) is 2.37. The molecule has 2 nitrogen and oxygen atoms in total. The Kier molecular flexibility index (Phi) is 4.91. The molecule has 0 bridgehead atoms. The lowest BCUT2D eigenvalue weighted by molar-refractivity contribution is 0.0187. The lowest BCUT2D eigenvalue weighted by Gasteiger charge is -2.36. The van der Waals surface area contributed by atoms with E-state index in [1.807, 2.05) is 6.07 Å². The molecule has 22 heavy (non-hydrogen) atoms. The predicted molar refractivity (Wildman–Crippen MR) is 90.7 cm³/mol. The lowest BCUT2D eigenvalue weighted by Crippen LogP contribution is -2.44. The molecule has 1 heterocycles. The van der Waals surface area contributed by atoms with Gasteiger partial charge in [0, 0.05) is 13.1 Å².